The molecule has 12 heteroatoms. The van der Waals surface area contributed by atoms with Crippen molar-refractivity contribution in [3.8, 4) is 5.75 Å². The number of carbonyl (C=O) groups is 1. The summed E-state index contributed by atoms with van der Waals surface area (Å²) in [6.07, 6.45) is 0. The quantitative estimate of drug-likeness (QED) is 0.320. The summed E-state index contributed by atoms with van der Waals surface area (Å²) in [7, 11) is 0. The van der Waals surface area contributed by atoms with Crippen LogP contribution in [0, 0.1) is 27.2 Å². The van der Waals surface area contributed by atoms with Gasteiger partial charge in [-0.25, -0.2) is 0 Å². The molecular weight excluding hydrogens is 498 g/mol. The zero-order valence-corrected chi connectivity index (χ0v) is 18.1. The van der Waals surface area contributed by atoms with Crippen molar-refractivity contribution in [3.63, 3.8) is 0 Å². The van der Waals surface area contributed by atoms with Crippen LogP contribution >= 0.6 is 27.5 Å². The summed E-state index contributed by atoms with van der Waals surface area (Å²) in [6, 6.07) is 10.1. The maximum atomic E-state index is 12.4. The topological polar surface area (TPSA) is 138 Å². The molecule has 0 saturated carbocycles. The molecule has 0 radical (unpaired) electrons. The Kier molecular flexibility index (Phi) is 6.56. The normalized spacial score (nSPS) is 10.5. The number of hydrogen-bond donors (Lipinski definition) is 1. The van der Waals surface area contributed by atoms with Crippen LogP contribution in [0.3, 0.4) is 0 Å². The summed E-state index contributed by atoms with van der Waals surface area (Å²) in [5.41, 5.74) is -1.18. The van der Waals surface area contributed by atoms with E-state index >= 15 is 0 Å². The molecule has 2 aromatic carbocycles. The Labute approximate surface area is 188 Å². The minimum atomic E-state index is -0.756. The number of carbonyl (C=O) groups excluding carboxylic acids is 1. The molecule has 31 heavy (non-hydrogen) atoms. The summed E-state index contributed by atoms with van der Waals surface area (Å²) in [5.74, 6) is -0.0942. The SMILES string of the molecule is Cc1c([N+](=O)[O-])cc(NC(=O)c2ccc(COc3ccc(Br)cc3Cl)o2)cc1[N+](=O)[O-]. The predicted octanol–water partition coefficient (Wildman–Crippen LogP) is 5.65. The number of ether oxygens (including phenoxy) is 1. The van der Waals surface area contributed by atoms with Crippen LogP contribution in [0.2, 0.25) is 5.02 Å². The molecule has 0 fully saturated rings. The molecule has 0 aliphatic rings. The van der Waals surface area contributed by atoms with Gasteiger partial charge in [-0.05, 0) is 37.3 Å². The minimum Gasteiger partial charge on any atom is -0.484 e. The van der Waals surface area contributed by atoms with Gasteiger partial charge in [0.25, 0.3) is 17.3 Å². The Hall–Kier alpha value is -3.44. The van der Waals surface area contributed by atoms with Crippen LogP contribution in [-0.4, -0.2) is 15.8 Å². The number of nitrogens with one attached hydrogen (secondary N) is 1. The van der Waals surface area contributed by atoms with E-state index in [9.17, 15) is 25.0 Å². The zero-order valence-electron chi connectivity index (χ0n) is 15.8. The molecule has 1 aromatic heterocycles. The monoisotopic (exact) mass is 509 g/mol. The van der Waals surface area contributed by atoms with E-state index < -0.39 is 27.1 Å². The second kappa shape index (κ2) is 9.14. The van der Waals surface area contributed by atoms with Crippen molar-refractivity contribution in [3.05, 3.63) is 89.3 Å². The first-order valence-electron chi connectivity index (χ1n) is 8.57. The lowest BCUT2D eigenvalue weighted by Crippen LogP contribution is -2.12. The number of benzene rings is 2. The number of rotatable bonds is 7. The van der Waals surface area contributed by atoms with Gasteiger partial charge in [0, 0.05) is 16.6 Å². The van der Waals surface area contributed by atoms with E-state index in [1.807, 2.05) is 0 Å². The second-order valence-electron chi connectivity index (χ2n) is 6.24. The highest BCUT2D eigenvalue weighted by Crippen LogP contribution is 2.32. The van der Waals surface area contributed by atoms with Crippen LogP contribution in [0.1, 0.15) is 21.9 Å². The van der Waals surface area contributed by atoms with Gasteiger partial charge in [0.1, 0.15) is 23.7 Å². The zero-order chi connectivity index (χ0) is 22.7. The van der Waals surface area contributed by atoms with Crippen molar-refractivity contribution >= 4 is 50.5 Å². The first kappa shape index (κ1) is 22.2. The highest BCUT2D eigenvalue weighted by atomic mass is 79.9. The average Bonchev–Trinajstić information content (AvgIpc) is 3.17. The Morgan fingerprint density at radius 2 is 1.77 bits per heavy atom. The van der Waals surface area contributed by atoms with Gasteiger partial charge < -0.3 is 14.5 Å². The summed E-state index contributed by atoms with van der Waals surface area (Å²) >= 11 is 9.37. The molecule has 160 valence electrons. The van der Waals surface area contributed by atoms with Crippen LogP contribution in [0.15, 0.2) is 51.4 Å². The highest BCUT2D eigenvalue weighted by Gasteiger charge is 2.24. The molecule has 3 rings (SSSR count). The maximum Gasteiger partial charge on any atom is 0.291 e. The fourth-order valence-corrected chi connectivity index (χ4v) is 3.37. The molecule has 0 bridgehead atoms. The fourth-order valence-electron chi connectivity index (χ4n) is 2.65. The predicted molar refractivity (Wildman–Crippen MR) is 115 cm³/mol. The third-order valence-electron chi connectivity index (χ3n) is 4.15. The highest BCUT2D eigenvalue weighted by molar-refractivity contribution is 9.10. The van der Waals surface area contributed by atoms with Crippen molar-refractivity contribution in [1.82, 2.24) is 0 Å². The molecule has 3 aromatic rings. The van der Waals surface area contributed by atoms with Crippen LogP contribution in [0.25, 0.3) is 0 Å². The van der Waals surface area contributed by atoms with Crippen LogP contribution in [0.5, 0.6) is 5.75 Å². The minimum absolute atomic E-state index is 0.00386. The third kappa shape index (κ3) is 5.19. The van der Waals surface area contributed by atoms with Gasteiger partial charge >= 0.3 is 0 Å². The summed E-state index contributed by atoms with van der Waals surface area (Å²) in [4.78, 5) is 33.2. The van der Waals surface area contributed by atoms with E-state index in [-0.39, 0.29) is 23.6 Å². The number of halogens is 2. The van der Waals surface area contributed by atoms with Crippen LogP contribution in [0.4, 0.5) is 17.1 Å². The van der Waals surface area contributed by atoms with Crippen molar-refractivity contribution in [2.75, 3.05) is 5.32 Å². The van der Waals surface area contributed by atoms with E-state index in [1.54, 1.807) is 18.2 Å². The molecule has 0 aliphatic heterocycles. The standard InChI is InChI=1S/C19H13BrClN3O7/c1-10-15(23(26)27)7-12(8-16(10)24(28)29)22-19(25)18-5-3-13(31-18)9-30-17-4-2-11(20)6-14(17)21/h2-8H,9H2,1H3,(H,22,25). The molecule has 0 atom stereocenters. The molecule has 0 unspecified atom stereocenters. The van der Waals surface area contributed by atoms with Crippen LogP contribution in [-0.2, 0) is 6.61 Å². The lowest BCUT2D eigenvalue weighted by atomic mass is 10.1. The first-order chi connectivity index (χ1) is 14.7. The van der Waals surface area contributed by atoms with Gasteiger partial charge in [0.05, 0.1) is 20.6 Å². The largest absolute Gasteiger partial charge is 0.484 e. The van der Waals surface area contributed by atoms with Gasteiger partial charge in [0.15, 0.2) is 5.76 Å². The van der Waals surface area contributed by atoms with E-state index in [0.29, 0.717) is 16.5 Å². The van der Waals surface area contributed by atoms with Crippen LogP contribution < -0.4 is 10.1 Å². The van der Waals surface area contributed by atoms with Crippen molar-refractivity contribution in [2.24, 2.45) is 0 Å². The van der Waals surface area contributed by atoms with Gasteiger partial charge in [0.2, 0.25) is 0 Å². The van der Waals surface area contributed by atoms with E-state index in [4.69, 9.17) is 20.8 Å². The Balaban J connectivity index is 1.74. The number of anilines is 1. The summed E-state index contributed by atoms with van der Waals surface area (Å²) in [5, 5.41) is 25.1. The number of nitro groups is 2. The van der Waals surface area contributed by atoms with Crippen molar-refractivity contribution in [1.29, 1.82) is 0 Å². The molecule has 1 N–H and O–H groups in total. The molecule has 0 saturated heterocycles. The molecule has 1 heterocycles. The molecule has 0 spiro atoms. The third-order valence-corrected chi connectivity index (χ3v) is 4.94. The molecule has 10 nitrogen and oxygen atoms in total. The van der Waals surface area contributed by atoms with Crippen molar-refractivity contribution in [2.45, 2.75) is 13.5 Å². The number of amides is 1. The number of furan rings is 1. The Morgan fingerprint density at radius 1 is 1.13 bits per heavy atom. The smallest absolute Gasteiger partial charge is 0.291 e. The molecule has 0 aliphatic carbocycles. The summed E-state index contributed by atoms with van der Waals surface area (Å²) in [6.45, 7) is 1.26. The average molecular weight is 511 g/mol. The maximum absolute atomic E-state index is 12.4. The van der Waals surface area contributed by atoms with Gasteiger partial charge in [-0.3, -0.25) is 25.0 Å². The molecule has 1 amide bonds. The van der Waals surface area contributed by atoms with Gasteiger partial charge in [-0.2, -0.15) is 0 Å². The number of nitrogens with zero attached hydrogens (tertiary/aromatic N) is 2. The van der Waals surface area contributed by atoms with Gasteiger partial charge in [-0.15, -0.1) is 0 Å². The fraction of sp³-hybridized carbons (Fsp3) is 0.105. The second-order valence-corrected chi connectivity index (χ2v) is 7.56. The lowest BCUT2D eigenvalue weighted by molar-refractivity contribution is -0.395. The first-order valence-corrected chi connectivity index (χ1v) is 9.74. The Bertz CT molecular complexity index is 1160. The van der Waals surface area contributed by atoms with Gasteiger partial charge in [-0.1, -0.05) is 27.5 Å². The Morgan fingerprint density at radius 3 is 2.35 bits per heavy atom. The summed E-state index contributed by atoms with van der Waals surface area (Å²) < 4.78 is 11.8. The number of nitro benzene ring substituents is 2. The van der Waals surface area contributed by atoms with E-state index in [0.717, 1.165) is 16.6 Å². The number of hydrogen-bond acceptors (Lipinski definition) is 7. The molecular formula is C19H13BrClN3O7. The lowest BCUT2D eigenvalue weighted by Gasteiger charge is -2.07. The van der Waals surface area contributed by atoms with E-state index in [2.05, 4.69) is 21.2 Å². The van der Waals surface area contributed by atoms with E-state index in [1.165, 1.54) is 19.1 Å². The van der Waals surface area contributed by atoms with Crippen molar-refractivity contribution < 1.29 is 23.8 Å².